The number of hydrogen-bond acceptors (Lipinski definition) is 5. The molecule has 0 atom stereocenters. The van der Waals surface area contributed by atoms with E-state index < -0.39 is 10.0 Å². The highest BCUT2D eigenvalue weighted by atomic mass is 32.2. The first kappa shape index (κ1) is 21.0. The lowest BCUT2D eigenvalue weighted by Crippen LogP contribution is -2.48. The van der Waals surface area contributed by atoms with Crippen LogP contribution < -0.4 is 4.90 Å². The molecule has 0 saturated carbocycles. The van der Waals surface area contributed by atoms with Crippen LogP contribution in [0.3, 0.4) is 0 Å². The number of piperazine rings is 1. The number of sulfonamides is 1. The van der Waals surface area contributed by atoms with Crippen LogP contribution in [0.1, 0.15) is 23.8 Å². The first-order chi connectivity index (χ1) is 14.5. The van der Waals surface area contributed by atoms with Crippen LogP contribution in [0, 0.1) is 6.92 Å². The smallest absolute Gasteiger partial charge is 0.243 e. The van der Waals surface area contributed by atoms with E-state index in [9.17, 15) is 8.42 Å². The highest BCUT2D eigenvalue weighted by Gasteiger charge is 2.29. The van der Waals surface area contributed by atoms with Crippen LogP contribution >= 0.6 is 11.3 Å². The van der Waals surface area contributed by atoms with Gasteiger partial charge in [0, 0.05) is 37.3 Å². The molecule has 0 amide bonds. The average molecular weight is 442 g/mol. The third kappa shape index (κ3) is 4.43. The second-order valence-electron chi connectivity index (χ2n) is 7.64. The molecule has 1 fully saturated rings. The summed E-state index contributed by atoms with van der Waals surface area (Å²) in [7, 11) is -3.40. The Balaban J connectivity index is 0.000000305. The molecule has 1 saturated heterocycles. The van der Waals surface area contributed by atoms with E-state index in [1.807, 2.05) is 25.3 Å². The molecule has 1 aliphatic heterocycles. The minimum atomic E-state index is -3.40. The fourth-order valence-corrected chi connectivity index (χ4v) is 5.93. The molecule has 158 valence electrons. The monoisotopic (exact) mass is 441 g/mol. The molecule has 30 heavy (non-hydrogen) atoms. The maximum Gasteiger partial charge on any atom is 0.243 e. The molecule has 1 aromatic heterocycles. The van der Waals surface area contributed by atoms with Gasteiger partial charge in [0.25, 0.3) is 0 Å². The van der Waals surface area contributed by atoms with Crippen LogP contribution in [-0.4, -0.2) is 43.9 Å². The van der Waals surface area contributed by atoms with Crippen molar-refractivity contribution in [1.29, 1.82) is 0 Å². The molecule has 0 unspecified atom stereocenters. The maximum absolute atomic E-state index is 12.7. The lowest BCUT2D eigenvalue weighted by atomic mass is 9.95. The van der Waals surface area contributed by atoms with Gasteiger partial charge in [-0.2, -0.15) is 4.31 Å². The van der Waals surface area contributed by atoms with E-state index in [1.165, 1.54) is 16.0 Å². The van der Waals surface area contributed by atoms with Gasteiger partial charge in [-0.3, -0.25) is 0 Å². The number of fused-ring (bicyclic) bond motifs is 1. The summed E-state index contributed by atoms with van der Waals surface area (Å²) in [5.41, 5.74) is 3.91. The van der Waals surface area contributed by atoms with Gasteiger partial charge in [-0.1, -0.05) is 55.3 Å². The molecule has 1 aromatic carbocycles. The summed E-state index contributed by atoms with van der Waals surface area (Å²) in [6.45, 7) is 6.48. The summed E-state index contributed by atoms with van der Waals surface area (Å²) in [4.78, 5) is 8.35. The molecule has 5 rings (SSSR count). The van der Waals surface area contributed by atoms with Crippen molar-refractivity contribution in [3.63, 3.8) is 0 Å². The van der Waals surface area contributed by atoms with Crippen molar-refractivity contribution in [2.75, 3.05) is 31.1 Å². The Bertz CT molecular complexity index is 1060. The zero-order chi connectivity index (χ0) is 21.1. The molecule has 7 heteroatoms. The van der Waals surface area contributed by atoms with E-state index in [0.717, 1.165) is 23.5 Å². The number of nitrogens with zero attached hydrogens (tertiary/aromatic N) is 3. The zero-order valence-electron chi connectivity index (χ0n) is 17.4. The Hall–Kier alpha value is -2.22. The van der Waals surface area contributed by atoms with Gasteiger partial charge in [0.15, 0.2) is 5.13 Å². The first-order valence-corrected chi connectivity index (χ1v) is 12.6. The van der Waals surface area contributed by atoms with Gasteiger partial charge < -0.3 is 4.90 Å². The van der Waals surface area contributed by atoms with Crippen molar-refractivity contribution in [3.05, 3.63) is 65.2 Å². The fraction of sp³-hybridized carbons (Fsp3) is 0.348. The number of aryl methyl sites for hydroxylation is 2. The van der Waals surface area contributed by atoms with Crippen LogP contribution in [0.15, 0.2) is 59.6 Å². The highest BCUT2D eigenvalue weighted by molar-refractivity contribution is 7.89. The van der Waals surface area contributed by atoms with Gasteiger partial charge >= 0.3 is 0 Å². The van der Waals surface area contributed by atoms with Crippen molar-refractivity contribution in [2.45, 2.75) is 31.6 Å². The number of aromatic nitrogens is 1. The SMILES string of the molecule is CCCc1cnc(N2CCN(S(=O)(=O)c3ccc(C)cc3)CC2)s1.c1cc2ccc1-2. The molecule has 0 radical (unpaired) electrons. The third-order valence-corrected chi connectivity index (χ3v) is 8.45. The Morgan fingerprint density at radius 1 is 0.933 bits per heavy atom. The Labute approximate surface area is 183 Å². The highest BCUT2D eigenvalue weighted by Crippen LogP contribution is 2.29. The predicted octanol–water partition coefficient (Wildman–Crippen LogP) is 4.58. The van der Waals surface area contributed by atoms with Crippen LogP contribution in [0.5, 0.6) is 0 Å². The molecular weight excluding hydrogens is 414 g/mol. The summed E-state index contributed by atoms with van der Waals surface area (Å²) >= 11 is 1.72. The summed E-state index contributed by atoms with van der Waals surface area (Å²) < 4.78 is 27.0. The molecular formula is C23H27N3O2S2. The number of benzene rings is 2. The molecule has 0 N–H and O–H groups in total. The minimum absolute atomic E-state index is 0.376. The van der Waals surface area contributed by atoms with E-state index in [0.29, 0.717) is 31.1 Å². The fourth-order valence-electron chi connectivity index (χ4n) is 3.45. The molecule has 0 bridgehead atoms. The van der Waals surface area contributed by atoms with Crippen LogP contribution in [0.2, 0.25) is 0 Å². The lowest BCUT2D eigenvalue weighted by molar-refractivity contribution is 0.385. The number of thiazole rings is 1. The molecule has 5 nitrogen and oxygen atoms in total. The van der Waals surface area contributed by atoms with Gasteiger partial charge in [0.2, 0.25) is 10.0 Å². The Morgan fingerprint density at radius 3 is 2.03 bits per heavy atom. The zero-order valence-corrected chi connectivity index (χ0v) is 19.0. The van der Waals surface area contributed by atoms with Crippen molar-refractivity contribution < 1.29 is 8.42 Å². The topological polar surface area (TPSA) is 53.5 Å². The molecule has 2 heterocycles. The minimum Gasteiger partial charge on any atom is -0.345 e. The average Bonchev–Trinajstić information content (AvgIpc) is 3.20. The standard InChI is InChI=1S/C17H23N3O2S2.C6H4/c1-3-4-15-13-18-17(23-15)19-9-11-20(12-10-19)24(21,22)16-7-5-14(2)6-8-16;1-2-6-4-3-5(1)6/h5-8,13H,3-4,9-12H2,1-2H3;1-4H. The van der Waals surface area contributed by atoms with Crippen LogP contribution in [0.25, 0.3) is 11.1 Å². The molecule has 0 spiro atoms. The largest absolute Gasteiger partial charge is 0.345 e. The summed E-state index contributed by atoms with van der Waals surface area (Å²) in [5, 5.41) is 1.01. The maximum atomic E-state index is 12.7. The van der Waals surface area contributed by atoms with Crippen molar-refractivity contribution in [3.8, 4) is 11.1 Å². The Kier molecular flexibility index (Phi) is 6.22. The normalized spacial score (nSPS) is 15.5. The number of anilines is 1. The Morgan fingerprint density at radius 2 is 1.53 bits per heavy atom. The van der Waals surface area contributed by atoms with Gasteiger partial charge in [0.1, 0.15) is 0 Å². The van der Waals surface area contributed by atoms with Crippen molar-refractivity contribution in [1.82, 2.24) is 9.29 Å². The third-order valence-electron chi connectivity index (χ3n) is 5.42. The summed E-state index contributed by atoms with van der Waals surface area (Å²) in [6.07, 6.45) is 4.11. The van der Waals surface area contributed by atoms with Crippen molar-refractivity contribution >= 4 is 26.5 Å². The number of hydrogen-bond donors (Lipinski definition) is 0. The van der Waals surface area contributed by atoms with Gasteiger partial charge in [-0.05, 0) is 36.6 Å². The second-order valence-corrected chi connectivity index (χ2v) is 10.7. The molecule has 2 aliphatic carbocycles. The molecule has 3 aliphatic rings. The van der Waals surface area contributed by atoms with E-state index >= 15 is 0 Å². The lowest BCUT2D eigenvalue weighted by Gasteiger charge is -2.33. The summed E-state index contributed by atoms with van der Waals surface area (Å²) in [5.74, 6) is 0. The summed E-state index contributed by atoms with van der Waals surface area (Å²) in [6, 6.07) is 15.5. The quantitative estimate of drug-likeness (QED) is 0.455. The van der Waals surface area contributed by atoms with E-state index in [4.69, 9.17) is 0 Å². The first-order valence-electron chi connectivity index (χ1n) is 10.3. The second kappa shape index (κ2) is 8.88. The number of rotatable bonds is 5. The van der Waals surface area contributed by atoms with E-state index in [-0.39, 0.29) is 0 Å². The predicted molar refractivity (Wildman–Crippen MR) is 124 cm³/mol. The van der Waals surface area contributed by atoms with Crippen molar-refractivity contribution in [2.24, 2.45) is 0 Å². The van der Waals surface area contributed by atoms with E-state index in [1.54, 1.807) is 27.8 Å². The molecule has 2 aromatic rings. The van der Waals surface area contributed by atoms with Gasteiger partial charge in [-0.25, -0.2) is 13.4 Å². The van der Waals surface area contributed by atoms with Crippen LogP contribution in [0.4, 0.5) is 5.13 Å². The van der Waals surface area contributed by atoms with Gasteiger partial charge in [0.05, 0.1) is 4.90 Å². The van der Waals surface area contributed by atoms with E-state index in [2.05, 4.69) is 41.1 Å². The van der Waals surface area contributed by atoms with Crippen LogP contribution in [-0.2, 0) is 16.4 Å². The van der Waals surface area contributed by atoms with Gasteiger partial charge in [-0.15, -0.1) is 11.3 Å².